The number of piperidine rings is 1. The molecule has 88 valence electrons. The van der Waals surface area contributed by atoms with Gasteiger partial charge in [-0.15, -0.1) is 11.6 Å². The van der Waals surface area contributed by atoms with Gasteiger partial charge >= 0.3 is 0 Å². The zero-order valence-corrected chi connectivity index (χ0v) is 10.2. The van der Waals surface area contributed by atoms with Crippen LogP contribution < -0.4 is 0 Å². The van der Waals surface area contributed by atoms with E-state index < -0.39 is 5.38 Å². The summed E-state index contributed by atoms with van der Waals surface area (Å²) >= 11 is 6.18. The summed E-state index contributed by atoms with van der Waals surface area (Å²) in [6.45, 7) is 1.67. The first kappa shape index (κ1) is 11.5. The molecular formula is C11H16ClN3O. The highest BCUT2D eigenvalue weighted by atomic mass is 35.5. The van der Waals surface area contributed by atoms with Gasteiger partial charge in [0.2, 0.25) is 5.91 Å². The Hall–Kier alpha value is -1.03. The first-order valence-electron chi connectivity index (χ1n) is 5.59. The number of imidazole rings is 1. The number of rotatable bonds is 2. The smallest absolute Gasteiger partial charge is 0.246 e. The Morgan fingerprint density at radius 1 is 1.44 bits per heavy atom. The van der Waals surface area contributed by atoms with E-state index in [1.165, 1.54) is 6.42 Å². The van der Waals surface area contributed by atoms with Crippen molar-refractivity contribution in [2.75, 3.05) is 13.1 Å². The number of halogens is 1. The molecule has 16 heavy (non-hydrogen) atoms. The number of hydrogen-bond acceptors (Lipinski definition) is 2. The van der Waals surface area contributed by atoms with E-state index in [1.807, 2.05) is 11.9 Å². The molecule has 0 radical (unpaired) electrons. The van der Waals surface area contributed by atoms with Gasteiger partial charge in [0.15, 0.2) is 5.38 Å². The third kappa shape index (κ3) is 2.21. The van der Waals surface area contributed by atoms with Gasteiger partial charge in [-0.05, 0) is 19.3 Å². The lowest BCUT2D eigenvalue weighted by molar-refractivity contribution is -0.131. The second-order valence-corrected chi connectivity index (χ2v) is 4.61. The molecule has 1 aliphatic heterocycles. The number of aryl methyl sites for hydroxylation is 1. The number of aromatic nitrogens is 2. The molecule has 1 aliphatic rings. The van der Waals surface area contributed by atoms with Crippen LogP contribution in [0.25, 0.3) is 0 Å². The number of hydrogen-bond donors (Lipinski definition) is 0. The van der Waals surface area contributed by atoms with E-state index in [9.17, 15) is 4.79 Å². The van der Waals surface area contributed by atoms with Crippen molar-refractivity contribution in [3.63, 3.8) is 0 Å². The number of alkyl halides is 1. The minimum absolute atomic E-state index is 0.00460. The molecule has 1 aromatic heterocycles. The van der Waals surface area contributed by atoms with Crippen LogP contribution in [-0.2, 0) is 11.8 Å². The number of amides is 1. The summed E-state index contributed by atoms with van der Waals surface area (Å²) in [5.74, 6) is 0.00460. The molecule has 0 N–H and O–H groups in total. The van der Waals surface area contributed by atoms with Crippen molar-refractivity contribution >= 4 is 17.5 Å². The molecule has 1 fully saturated rings. The molecule has 1 saturated heterocycles. The second kappa shape index (κ2) is 4.87. The maximum Gasteiger partial charge on any atom is 0.246 e. The SMILES string of the molecule is Cn1cncc1C(Cl)C(=O)N1CCCCC1. The van der Waals surface area contributed by atoms with Crippen LogP contribution in [0.1, 0.15) is 30.3 Å². The van der Waals surface area contributed by atoms with Gasteiger partial charge in [-0.25, -0.2) is 4.98 Å². The van der Waals surface area contributed by atoms with Gasteiger partial charge in [-0.2, -0.15) is 0 Å². The summed E-state index contributed by atoms with van der Waals surface area (Å²) < 4.78 is 1.79. The van der Waals surface area contributed by atoms with Crippen LogP contribution in [0.15, 0.2) is 12.5 Å². The van der Waals surface area contributed by atoms with Crippen LogP contribution >= 0.6 is 11.6 Å². The van der Waals surface area contributed by atoms with Gasteiger partial charge in [0.1, 0.15) is 0 Å². The molecule has 0 spiro atoms. The highest BCUT2D eigenvalue weighted by molar-refractivity contribution is 6.30. The monoisotopic (exact) mass is 241 g/mol. The Labute approximate surface area is 100 Å². The minimum atomic E-state index is -0.606. The summed E-state index contributed by atoms with van der Waals surface area (Å²) in [6, 6.07) is 0. The Balaban J connectivity index is 2.06. The zero-order chi connectivity index (χ0) is 11.5. The van der Waals surface area contributed by atoms with Gasteiger partial charge in [-0.1, -0.05) is 0 Å². The highest BCUT2D eigenvalue weighted by Crippen LogP contribution is 2.23. The molecule has 0 aromatic carbocycles. The molecule has 0 saturated carbocycles. The van der Waals surface area contributed by atoms with Crippen LogP contribution in [-0.4, -0.2) is 33.4 Å². The predicted octanol–water partition coefficient (Wildman–Crippen LogP) is 1.71. The van der Waals surface area contributed by atoms with E-state index in [1.54, 1.807) is 17.1 Å². The molecule has 1 atom stereocenters. The summed E-state index contributed by atoms with van der Waals surface area (Å²) in [6.07, 6.45) is 6.69. The number of carbonyl (C=O) groups excluding carboxylic acids is 1. The molecule has 5 heteroatoms. The lowest BCUT2D eigenvalue weighted by Gasteiger charge is -2.28. The van der Waals surface area contributed by atoms with Crippen LogP contribution in [0.4, 0.5) is 0 Å². The maximum absolute atomic E-state index is 12.1. The Bertz CT molecular complexity index is 371. The fourth-order valence-electron chi connectivity index (χ4n) is 2.01. The summed E-state index contributed by atoms with van der Waals surface area (Å²) in [4.78, 5) is 17.9. The molecule has 4 nitrogen and oxygen atoms in total. The second-order valence-electron chi connectivity index (χ2n) is 4.18. The average molecular weight is 242 g/mol. The Morgan fingerprint density at radius 2 is 2.12 bits per heavy atom. The fraction of sp³-hybridized carbons (Fsp3) is 0.636. The van der Waals surface area contributed by atoms with Crippen molar-refractivity contribution in [2.45, 2.75) is 24.6 Å². The van der Waals surface area contributed by atoms with Gasteiger partial charge < -0.3 is 9.47 Å². The quantitative estimate of drug-likeness (QED) is 0.740. The van der Waals surface area contributed by atoms with Crippen LogP contribution in [0.3, 0.4) is 0 Å². The van der Waals surface area contributed by atoms with Crippen molar-refractivity contribution in [3.05, 3.63) is 18.2 Å². The lowest BCUT2D eigenvalue weighted by Crippen LogP contribution is -2.37. The van der Waals surface area contributed by atoms with Gasteiger partial charge in [0.25, 0.3) is 0 Å². The molecule has 0 bridgehead atoms. The number of carbonyl (C=O) groups is 1. The van der Waals surface area contributed by atoms with E-state index >= 15 is 0 Å². The number of likely N-dealkylation sites (tertiary alicyclic amines) is 1. The van der Waals surface area contributed by atoms with Crippen LogP contribution in [0.2, 0.25) is 0 Å². The van der Waals surface area contributed by atoms with E-state index in [0.717, 1.165) is 31.6 Å². The molecule has 1 amide bonds. The first-order valence-corrected chi connectivity index (χ1v) is 6.03. The molecular weight excluding hydrogens is 226 g/mol. The molecule has 1 aromatic rings. The molecule has 0 aliphatic carbocycles. The Kier molecular flexibility index (Phi) is 3.49. The maximum atomic E-state index is 12.1. The van der Waals surface area contributed by atoms with E-state index in [-0.39, 0.29) is 5.91 Å². The largest absolute Gasteiger partial charge is 0.341 e. The van der Waals surface area contributed by atoms with E-state index in [2.05, 4.69) is 4.98 Å². The van der Waals surface area contributed by atoms with Crippen LogP contribution in [0, 0.1) is 0 Å². The van der Waals surface area contributed by atoms with E-state index in [0.29, 0.717) is 0 Å². The normalized spacial score (nSPS) is 18.5. The van der Waals surface area contributed by atoms with Crippen molar-refractivity contribution < 1.29 is 4.79 Å². The average Bonchev–Trinajstić information content (AvgIpc) is 2.75. The van der Waals surface area contributed by atoms with Gasteiger partial charge in [0, 0.05) is 20.1 Å². The van der Waals surface area contributed by atoms with Crippen molar-refractivity contribution in [2.24, 2.45) is 7.05 Å². The summed E-state index contributed by atoms with van der Waals surface area (Å²) in [5, 5.41) is -0.606. The summed E-state index contributed by atoms with van der Waals surface area (Å²) in [5.41, 5.74) is 0.761. The standard InChI is InChI=1S/C11H16ClN3O/c1-14-8-13-7-9(14)10(12)11(16)15-5-3-2-4-6-15/h7-8,10H,2-6H2,1H3. The van der Waals surface area contributed by atoms with Gasteiger partial charge in [-0.3, -0.25) is 4.79 Å². The van der Waals surface area contributed by atoms with Crippen molar-refractivity contribution in [3.8, 4) is 0 Å². The topological polar surface area (TPSA) is 38.1 Å². The Morgan fingerprint density at radius 3 is 2.69 bits per heavy atom. The third-order valence-corrected chi connectivity index (χ3v) is 3.41. The lowest BCUT2D eigenvalue weighted by atomic mass is 10.1. The van der Waals surface area contributed by atoms with Crippen molar-refractivity contribution in [1.82, 2.24) is 14.5 Å². The molecule has 2 rings (SSSR count). The minimum Gasteiger partial charge on any atom is -0.341 e. The van der Waals surface area contributed by atoms with Gasteiger partial charge in [0.05, 0.1) is 18.2 Å². The first-order chi connectivity index (χ1) is 7.70. The van der Waals surface area contributed by atoms with Crippen molar-refractivity contribution in [1.29, 1.82) is 0 Å². The predicted molar refractivity (Wildman–Crippen MR) is 62.2 cm³/mol. The molecule has 2 heterocycles. The highest BCUT2D eigenvalue weighted by Gasteiger charge is 2.26. The van der Waals surface area contributed by atoms with E-state index in [4.69, 9.17) is 11.6 Å². The fourth-order valence-corrected chi connectivity index (χ4v) is 2.36. The molecule has 1 unspecified atom stereocenters. The van der Waals surface area contributed by atoms with Crippen LogP contribution in [0.5, 0.6) is 0 Å². The summed E-state index contributed by atoms with van der Waals surface area (Å²) in [7, 11) is 1.85. The number of nitrogens with zero attached hydrogens (tertiary/aromatic N) is 3. The zero-order valence-electron chi connectivity index (χ0n) is 9.40. The third-order valence-electron chi connectivity index (χ3n) is 3.00.